The van der Waals surface area contributed by atoms with Gasteiger partial charge < -0.3 is 4.90 Å². The Kier molecular flexibility index (Phi) is 4.96. The molecule has 1 aliphatic heterocycles. The van der Waals surface area contributed by atoms with Crippen LogP contribution in [-0.2, 0) is 17.8 Å². The Morgan fingerprint density at radius 1 is 1.08 bits per heavy atom. The predicted octanol–water partition coefficient (Wildman–Crippen LogP) is 3.02. The van der Waals surface area contributed by atoms with Gasteiger partial charge in [0.1, 0.15) is 6.29 Å². The molecule has 26 heavy (non-hydrogen) atoms. The van der Waals surface area contributed by atoms with Crippen molar-refractivity contribution in [1.82, 2.24) is 14.8 Å². The van der Waals surface area contributed by atoms with Gasteiger partial charge in [0.2, 0.25) is 0 Å². The normalized spacial score (nSPS) is 18.3. The average molecular weight is 347 g/mol. The van der Waals surface area contributed by atoms with Gasteiger partial charge in [-0.25, -0.2) is 0 Å². The lowest BCUT2D eigenvalue weighted by atomic mass is 9.89. The van der Waals surface area contributed by atoms with E-state index in [-0.39, 0.29) is 0 Å². The summed E-state index contributed by atoms with van der Waals surface area (Å²) in [6.45, 7) is 5.40. The molecule has 0 atom stereocenters. The molecule has 134 valence electrons. The van der Waals surface area contributed by atoms with Crippen LogP contribution in [0.4, 0.5) is 0 Å². The average Bonchev–Trinajstić information content (AvgIpc) is 2.69. The van der Waals surface area contributed by atoms with Gasteiger partial charge in [0.25, 0.3) is 0 Å². The van der Waals surface area contributed by atoms with E-state index in [2.05, 4.69) is 46.1 Å². The summed E-state index contributed by atoms with van der Waals surface area (Å²) in [4.78, 5) is 20.7. The third-order valence-corrected chi connectivity index (χ3v) is 5.46. The first-order valence-electron chi connectivity index (χ1n) is 9.37. The first kappa shape index (κ1) is 17.1. The minimum absolute atomic E-state index is 0.814. The topological polar surface area (TPSA) is 36.4 Å². The molecular formula is C22H25N3O. The largest absolute Gasteiger partial charge is 0.304 e. The van der Waals surface area contributed by atoms with E-state index in [1.165, 1.54) is 11.1 Å². The van der Waals surface area contributed by atoms with E-state index in [4.69, 9.17) is 0 Å². The highest BCUT2D eigenvalue weighted by atomic mass is 16.1. The molecule has 0 radical (unpaired) electrons. The molecule has 0 bridgehead atoms. The van der Waals surface area contributed by atoms with Crippen molar-refractivity contribution < 1.29 is 4.79 Å². The van der Waals surface area contributed by atoms with Gasteiger partial charge in [0.05, 0.1) is 0 Å². The van der Waals surface area contributed by atoms with E-state index < -0.39 is 0 Å². The van der Waals surface area contributed by atoms with Crippen molar-refractivity contribution in [3.05, 3.63) is 59.4 Å². The Bertz CT molecular complexity index is 835. The number of nitrogens with zero attached hydrogens (tertiary/aromatic N) is 3. The maximum absolute atomic E-state index is 11.4. The van der Waals surface area contributed by atoms with Gasteiger partial charge in [-0.05, 0) is 54.3 Å². The number of pyridine rings is 1. The number of aldehydes is 1. The second-order valence-electron chi connectivity index (χ2n) is 7.35. The molecule has 1 fully saturated rings. The summed E-state index contributed by atoms with van der Waals surface area (Å²) < 4.78 is 0. The molecule has 1 aliphatic carbocycles. The van der Waals surface area contributed by atoms with Crippen molar-refractivity contribution in [3.8, 4) is 11.1 Å². The smallest absolute Gasteiger partial charge is 0.150 e. The van der Waals surface area contributed by atoms with Crippen LogP contribution in [0.2, 0.25) is 0 Å². The number of allylic oxidation sites excluding steroid dienone is 2. The predicted molar refractivity (Wildman–Crippen MR) is 105 cm³/mol. The molecule has 4 rings (SSSR count). The van der Waals surface area contributed by atoms with Crippen molar-refractivity contribution in [3.63, 3.8) is 0 Å². The highest BCUT2D eigenvalue weighted by Gasteiger charge is 2.15. The zero-order chi connectivity index (χ0) is 17.9. The molecule has 4 heteroatoms. The molecule has 1 aromatic carbocycles. The summed E-state index contributed by atoms with van der Waals surface area (Å²) in [5.41, 5.74) is 6.65. The third kappa shape index (κ3) is 3.62. The van der Waals surface area contributed by atoms with E-state index in [0.29, 0.717) is 0 Å². The molecule has 1 saturated heterocycles. The van der Waals surface area contributed by atoms with Crippen LogP contribution in [0, 0.1) is 0 Å². The molecule has 2 aliphatic rings. The number of likely N-dealkylation sites (N-methyl/N-ethyl adjacent to an activating group) is 1. The van der Waals surface area contributed by atoms with E-state index in [9.17, 15) is 4.79 Å². The van der Waals surface area contributed by atoms with Crippen LogP contribution in [0.25, 0.3) is 16.7 Å². The summed E-state index contributed by atoms with van der Waals surface area (Å²) in [5.74, 6) is 0. The summed E-state index contributed by atoms with van der Waals surface area (Å²) >= 11 is 0. The number of hydrogen-bond donors (Lipinski definition) is 0. The van der Waals surface area contributed by atoms with Crippen molar-refractivity contribution in [2.45, 2.75) is 19.4 Å². The van der Waals surface area contributed by atoms with Gasteiger partial charge in [0.15, 0.2) is 0 Å². The molecular weight excluding hydrogens is 322 g/mol. The fraction of sp³-hybridized carbons (Fsp3) is 0.364. The zero-order valence-electron chi connectivity index (χ0n) is 15.3. The molecule has 2 aromatic rings. The molecule has 1 aromatic heterocycles. The third-order valence-electron chi connectivity index (χ3n) is 5.46. The zero-order valence-corrected chi connectivity index (χ0v) is 15.3. The van der Waals surface area contributed by atoms with Crippen LogP contribution in [0.1, 0.15) is 23.1 Å². The van der Waals surface area contributed by atoms with Gasteiger partial charge in [-0.2, -0.15) is 0 Å². The minimum atomic E-state index is 0.814. The molecule has 0 saturated carbocycles. The van der Waals surface area contributed by atoms with Crippen LogP contribution in [0.3, 0.4) is 0 Å². The Balaban J connectivity index is 1.57. The van der Waals surface area contributed by atoms with Gasteiger partial charge in [-0.1, -0.05) is 18.2 Å². The van der Waals surface area contributed by atoms with Gasteiger partial charge in [-0.3, -0.25) is 14.7 Å². The van der Waals surface area contributed by atoms with Gasteiger partial charge in [-0.15, -0.1) is 0 Å². The van der Waals surface area contributed by atoms with Crippen LogP contribution in [-0.4, -0.2) is 54.3 Å². The number of piperazine rings is 1. The van der Waals surface area contributed by atoms with Crippen LogP contribution in [0.15, 0.2) is 42.7 Å². The Morgan fingerprint density at radius 2 is 1.92 bits per heavy atom. The summed E-state index contributed by atoms with van der Waals surface area (Å²) in [6, 6.07) is 8.70. The minimum Gasteiger partial charge on any atom is -0.304 e. The number of carbonyl (C=O) groups excluding carboxylic acids is 1. The fourth-order valence-corrected chi connectivity index (χ4v) is 3.84. The molecule has 2 heterocycles. The number of hydrogen-bond acceptors (Lipinski definition) is 4. The molecule has 0 spiro atoms. The number of benzene rings is 1. The van der Waals surface area contributed by atoms with Crippen LogP contribution in [0.5, 0.6) is 0 Å². The first-order valence-corrected chi connectivity index (χ1v) is 9.37. The number of aryl methyl sites for hydroxylation is 1. The highest BCUT2D eigenvalue weighted by Crippen LogP contribution is 2.30. The Hall–Kier alpha value is -2.30. The second-order valence-corrected chi connectivity index (χ2v) is 7.35. The molecule has 0 amide bonds. The SMILES string of the molecule is CN1CCN(Cc2cncc(-c3ccc4c(c3)C(C=O)=CCC4)c2)CC1. The van der Waals surface area contributed by atoms with Crippen molar-refractivity contribution in [1.29, 1.82) is 0 Å². The van der Waals surface area contributed by atoms with Crippen molar-refractivity contribution >= 4 is 11.9 Å². The van der Waals surface area contributed by atoms with Crippen molar-refractivity contribution in [2.24, 2.45) is 0 Å². The van der Waals surface area contributed by atoms with Crippen LogP contribution < -0.4 is 0 Å². The Labute approximate surface area is 155 Å². The number of carbonyl (C=O) groups is 1. The maximum atomic E-state index is 11.4. The summed E-state index contributed by atoms with van der Waals surface area (Å²) in [5, 5.41) is 0. The van der Waals surface area contributed by atoms with Gasteiger partial charge >= 0.3 is 0 Å². The quantitative estimate of drug-likeness (QED) is 0.797. The lowest BCUT2D eigenvalue weighted by molar-refractivity contribution is -0.103. The fourth-order valence-electron chi connectivity index (χ4n) is 3.84. The second kappa shape index (κ2) is 7.52. The highest BCUT2D eigenvalue weighted by molar-refractivity contribution is 6.08. The van der Waals surface area contributed by atoms with Gasteiger partial charge in [0, 0.05) is 56.3 Å². The maximum Gasteiger partial charge on any atom is 0.150 e. The monoisotopic (exact) mass is 347 g/mol. The molecule has 0 N–H and O–H groups in total. The number of aromatic nitrogens is 1. The van der Waals surface area contributed by atoms with E-state index in [1.807, 2.05) is 18.5 Å². The molecule has 0 unspecified atom stereocenters. The van der Waals surface area contributed by atoms with E-state index in [1.54, 1.807) is 0 Å². The number of rotatable bonds is 4. The number of fused-ring (bicyclic) bond motifs is 1. The Morgan fingerprint density at radius 3 is 2.73 bits per heavy atom. The van der Waals surface area contributed by atoms with E-state index >= 15 is 0 Å². The van der Waals surface area contributed by atoms with Crippen LogP contribution >= 0.6 is 0 Å². The van der Waals surface area contributed by atoms with E-state index in [0.717, 1.165) is 74.1 Å². The summed E-state index contributed by atoms with van der Waals surface area (Å²) in [7, 11) is 2.18. The lowest BCUT2D eigenvalue weighted by Gasteiger charge is -2.32. The standard InChI is InChI=1S/C22H25N3O/c1-24-7-9-25(10-8-24)15-17-11-21(14-23-13-17)19-6-5-18-3-2-4-20(16-26)22(18)12-19/h4-6,11-14,16H,2-3,7-10,15H2,1H3. The lowest BCUT2D eigenvalue weighted by Crippen LogP contribution is -2.43. The summed E-state index contributed by atoms with van der Waals surface area (Å²) in [6.07, 6.45) is 8.86. The first-order chi connectivity index (χ1) is 12.7. The molecule has 4 nitrogen and oxygen atoms in total. The van der Waals surface area contributed by atoms with Crippen molar-refractivity contribution in [2.75, 3.05) is 33.2 Å².